The molecular weight excluding hydrogens is 361 g/mol. The molecule has 1 heterocycles. The summed E-state index contributed by atoms with van der Waals surface area (Å²) in [6.45, 7) is 1.59. The summed E-state index contributed by atoms with van der Waals surface area (Å²) in [5.41, 5.74) is -0.486. The molecule has 0 aromatic heterocycles. The third-order valence-corrected chi connectivity index (χ3v) is 5.01. The van der Waals surface area contributed by atoms with Gasteiger partial charge in [0.25, 0.3) is 0 Å². The molecule has 0 aromatic carbocycles. The number of guanidine groups is 1. The van der Waals surface area contributed by atoms with Gasteiger partial charge in [-0.05, 0) is 37.9 Å². The Bertz CT molecular complexity index is 278. The molecule has 6 heteroatoms. The van der Waals surface area contributed by atoms with E-state index in [1.54, 1.807) is 7.05 Å². The van der Waals surface area contributed by atoms with Crippen molar-refractivity contribution in [2.24, 2.45) is 4.99 Å². The normalized spacial score (nSPS) is 26.1. The third-order valence-electron chi connectivity index (χ3n) is 3.61. The average molecular weight is 385 g/mol. The smallest absolute Gasteiger partial charge is 0.191 e. The van der Waals surface area contributed by atoms with Crippen LogP contribution in [0.1, 0.15) is 32.1 Å². The molecule has 18 heavy (non-hydrogen) atoms. The lowest BCUT2D eigenvalue weighted by atomic mass is 9.80. The first-order valence-corrected chi connectivity index (χ1v) is 7.55. The van der Waals surface area contributed by atoms with Crippen molar-refractivity contribution in [1.29, 1.82) is 0 Å². The van der Waals surface area contributed by atoms with Gasteiger partial charge in [0, 0.05) is 25.4 Å². The molecule has 1 atom stereocenters. The Hall–Kier alpha value is 0.310. The van der Waals surface area contributed by atoms with Gasteiger partial charge in [0.05, 0.1) is 5.60 Å². The van der Waals surface area contributed by atoms with E-state index in [0.717, 1.165) is 37.0 Å². The number of aliphatic imine (C=N–C) groups is 1. The molecular formula is C12H24IN3OS. The minimum atomic E-state index is -0.486. The van der Waals surface area contributed by atoms with E-state index < -0.39 is 5.60 Å². The minimum absolute atomic E-state index is 0. The average Bonchev–Trinajstić information content (AvgIpc) is 2.80. The van der Waals surface area contributed by atoms with Crippen LogP contribution in [0.2, 0.25) is 0 Å². The molecule has 1 aliphatic heterocycles. The third kappa shape index (κ3) is 4.77. The molecule has 106 valence electrons. The fourth-order valence-corrected chi connectivity index (χ4v) is 3.45. The lowest BCUT2D eigenvalue weighted by Crippen LogP contribution is -2.51. The first kappa shape index (κ1) is 16.4. The van der Waals surface area contributed by atoms with Gasteiger partial charge in [0.1, 0.15) is 0 Å². The Morgan fingerprint density at radius 1 is 1.39 bits per heavy atom. The van der Waals surface area contributed by atoms with Crippen LogP contribution in [0.3, 0.4) is 0 Å². The van der Waals surface area contributed by atoms with Gasteiger partial charge < -0.3 is 15.7 Å². The van der Waals surface area contributed by atoms with Crippen LogP contribution in [0.25, 0.3) is 0 Å². The fourth-order valence-electron chi connectivity index (χ4n) is 2.25. The van der Waals surface area contributed by atoms with Gasteiger partial charge in [0.15, 0.2) is 5.96 Å². The van der Waals surface area contributed by atoms with Crippen molar-refractivity contribution < 1.29 is 5.11 Å². The molecule has 4 nitrogen and oxygen atoms in total. The summed E-state index contributed by atoms with van der Waals surface area (Å²) < 4.78 is 0. The highest BCUT2D eigenvalue weighted by Gasteiger charge is 2.34. The molecule has 1 aliphatic carbocycles. The Kier molecular flexibility index (Phi) is 7.08. The number of nitrogens with one attached hydrogen (secondary N) is 2. The summed E-state index contributed by atoms with van der Waals surface area (Å²) in [5.74, 6) is 2.11. The van der Waals surface area contributed by atoms with Crippen molar-refractivity contribution in [2.45, 2.75) is 43.0 Å². The zero-order valence-electron chi connectivity index (χ0n) is 10.9. The number of hydrogen-bond acceptors (Lipinski definition) is 3. The van der Waals surface area contributed by atoms with Crippen LogP contribution < -0.4 is 10.6 Å². The highest BCUT2D eigenvalue weighted by molar-refractivity contribution is 14.0. The lowest BCUT2D eigenvalue weighted by molar-refractivity contribution is -0.0279. The number of aliphatic hydroxyl groups is 1. The molecule has 0 amide bonds. The molecule has 0 radical (unpaired) electrons. The van der Waals surface area contributed by atoms with E-state index in [0.29, 0.717) is 6.54 Å². The quantitative estimate of drug-likeness (QED) is 0.391. The minimum Gasteiger partial charge on any atom is -0.388 e. The number of halogens is 1. The SMILES string of the molecule is CN=C(NCC1CCCS1)NCC1(O)CCC1.I. The van der Waals surface area contributed by atoms with Gasteiger partial charge in [-0.15, -0.1) is 24.0 Å². The second-order valence-corrected chi connectivity index (χ2v) is 6.43. The molecule has 2 fully saturated rings. The zero-order valence-corrected chi connectivity index (χ0v) is 14.1. The van der Waals surface area contributed by atoms with E-state index >= 15 is 0 Å². The Morgan fingerprint density at radius 3 is 2.67 bits per heavy atom. The predicted octanol–water partition coefficient (Wildman–Crippen LogP) is 1.58. The maximum absolute atomic E-state index is 9.98. The van der Waals surface area contributed by atoms with Crippen molar-refractivity contribution in [3.8, 4) is 0 Å². The summed E-state index contributed by atoms with van der Waals surface area (Å²) >= 11 is 2.04. The maximum atomic E-state index is 9.98. The molecule has 2 rings (SSSR count). The molecule has 1 saturated heterocycles. The van der Waals surface area contributed by atoms with Crippen molar-refractivity contribution in [2.75, 3.05) is 25.9 Å². The first-order chi connectivity index (χ1) is 8.22. The fraction of sp³-hybridized carbons (Fsp3) is 0.917. The zero-order chi connectivity index (χ0) is 12.1. The number of hydrogen-bond donors (Lipinski definition) is 3. The topological polar surface area (TPSA) is 56.7 Å². The van der Waals surface area contributed by atoms with Crippen molar-refractivity contribution in [1.82, 2.24) is 10.6 Å². The first-order valence-electron chi connectivity index (χ1n) is 6.50. The van der Waals surface area contributed by atoms with Crippen LogP contribution in [0.5, 0.6) is 0 Å². The van der Waals surface area contributed by atoms with Crippen LogP contribution >= 0.6 is 35.7 Å². The summed E-state index contributed by atoms with van der Waals surface area (Å²) in [5, 5.41) is 17.3. The van der Waals surface area contributed by atoms with Crippen LogP contribution in [0.15, 0.2) is 4.99 Å². The second kappa shape index (κ2) is 7.79. The molecule has 0 bridgehead atoms. The molecule has 2 aliphatic rings. The van der Waals surface area contributed by atoms with Crippen LogP contribution in [0.4, 0.5) is 0 Å². The Morgan fingerprint density at radius 2 is 2.17 bits per heavy atom. The largest absolute Gasteiger partial charge is 0.388 e. The maximum Gasteiger partial charge on any atom is 0.191 e. The lowest BCUT2D eigenvalue weighted by Gasteiger charge is -2.37. The number of thioether (sulfide) groups is 1. The highest BCUT2D eigenvalue weighted by atomic mass is 127. The standard InChI is InChI=1S/C12H23N3OS.HI/c1-13-11(14-8-10-4-2-7-17-10)15-9-12(16)5-3-6-12;/h10,16H,2-9H2,1H3,(H2,13,14,15);1H. The van der Waals surface area contributed by atoms with E-state index in [1.165, 1.54) is 18.6 Å². The van der Waals surface area contributed by atoms with Crippen molar-refractivity contribution in [3.05, 3.63) is 0 Å². The molecule has 0 spiro atoms. The summed E-state index contributed by atoms with van der Waals surface area (Å²) in [6, 6.07) is 0. The van der Waals surface area contributed by atoms with Crippen LogP contribution in [0, 0.1) is 0 Å². The van der Waals surface area contributed by atoms with Gasteiger partial charge in [-0.3, -0.25) is 4.99 Å². The van der Waals surface area contributed by atoms with Crippen LogP contribution in [-0.4, -0.2) is 47.8 Å². The van der Waals surface area contributed by atoms with E-state index in [9.17, 15) is 5.11 Å². The van der Waals surface area contributed by atoms with Gasteiger partial charge in [-0.25, -0.2) is 0 Å². The molecule has 3 N–H and O–H groups in total. The molecule has 1 saturated carbocycles. The van der Waals surface area contributed by atoms with Crippen molar-refractivity contribution >= 4 is 41.7 Å². The number of rotatable bonds is 4. The van der Waals surface area contributed by atoms with Gasteiger partial charge in [-0.1, -0.05) is 0 Å². The number of nitrogens with zero attached hydrogens (tertiary/aromatic N) is 1. The Labute approximate surface area is 131 Å². The van der Waals surface area contributed by atoms with Gasteiger partial charge in [-0.2, -0.15) is 11.8 Å². The summed E-state index contributed by atoms with van der Waals surface area (Å²) in [4.78, 5) is 4.18. The summed E-state index contributed by atoms with van der Waals surface area (Å²) in [6.07, 6.45) is 5.61. The van der Waals surface area contributed by atoms with Gasteiger partial charge in [0.2, 0.25) is 0 Å². The van der Waals surface area contributed by atoms with E-state index in [-0.39, 0.29) is 24.0 Å². The second-order valence-electron chi connectivity index (χ2n) is 5.02. The Balaban J connectivity index is 0.00000162. The predicted molar refractivity (Wildman–Crippen MR) is 89.1 cm³/mol. The van der Waals surface area contributed by atoms with Crippen molar-refractivity contribution in [3.63, 3.8) is 0 Å². The van der Waals surface area contributed by atoms with E-state index in [1.807, 2.05) is 11.8 Å². The van der Waals surface area contributed by atoms with E-state index in [2.05, 4.69) is 15.6 Å². The highest BCUT2D eigenvalue weighted by Crippen LogP contribution is 2.30. The van der Waals surface area contributed by atoms with E-state index in [4.69, 9.17) is 0 Å². The van der Waals surface area contributed by atoms with Gasteiger partial charge >= 0.3 is 0 Å². The summed E-state index contributed by atoms with van der Waals surface area (Å²) in [7, 11) is 1.78. The monoisotopic (exact) mass is 385 g/mol. The molecule has 0 aromatic rings. The molecule has 1 unspecified atom stereocenters. The van der Waals surface area contributed by atoms with Crippen LogP contribution in [-0.2, 0) is 0 Å².